The normalized spacial score (nSPS) is 9.25. The number of ether oxygens (including phenoxy) is 1. The lowest BCUT2D eigenvalue weighted by atomic mass is 10.4. The Morgan fingerprint density at radius 2 is 2.38 bits per heavy atom. The Morgan fingerprint density at radius 1 is 1.56 bits per heavy atom. The van der Waals surface area contributed by atoms with Gasteiger partial charge in [-0.15, -0.1) is 16.6 Å². The van der Waals surface area contributed by atoms with Crippen molar-refractivity contribution in [2.45, 2.75) is 19.8 Å². The number of hydrogen-bond acceptors (Lipinski definition) is 4. The molecule has 1 rings (SSSR count). The van der Waals surface area contributed by atoms with Crippen LogP contribution in [0.2, 0.25) is 0 Å². The molecule has 1 heterocycles. The van der Waals surface area contributed by atoms with Crippen LogP contribution in [0.5, 0.6) is 0 Å². The highest BCUT2D eigenvalue weighted by atomic mass is 16.5. The Kier molecular flexibility index (Phi) is 4.80. The van der Waals surface area contributed by atoms with Crippen molar-refractivity contribution in [3.05, 3.63) is 17.8 Å². The molecule has 0 aliphatic heterocycles. The number of anilines is 1. The molecular weight excluding hydrogens is 206 g/mol. The van der Waals surface area contributed by atoms with Crippen molar-refractivity contribution in [1.29, 1.82) is 0 Å². The van der Waals surface area contributed by atoms with E-state index in [9.17, 15) is 4.79 Å². The second kappa shape index (κ2) is 6.40. The zero-order chi connectivity index (χ0) is 11.8. The van der Waals surface area contributed by atoms with E-state index in [1.165, 1.54) is 0 Å². The number of unbranched alkanes of at least 4 members (excludes halogenated alkanes) is 1. The molecule has 0 saturated carbocycles. The Hall–Kier alpha value is -2.09. The van der Waals surface area contributed by atoms with Crippen molar-refractivity contribution >= 4 is 11.9 Å². The maximum atomic E-state index is 11.2. The lowest BCUT2D eigenvalue weighted by Crippen LogP contribution is -2.15. The van der Waals surface area contributed by atoms with Crippen molar-refractivity contribution in [3.63, 3.8) is 0 Å². The van der Waals surface area contributed by atoms with E-state index in [4.69, 9.17) is 11.2 Å². The molecule has 0 unspecified atom stereocenters. The number of terminal acetylenes is 1. The molecule has 5 heteroatoms. The first-order chi connectivity index (χ1) is 7.76. The third-order valence-electron chi connectivity index (χ3n) is 1.77. The minimum atomic E-state index is -0.531. The molecule has 0 bridgehead atoms. The first kappa shape index (κ1) is 12.0. The summed E-state index contributed by atoms with van der Waals surface area (Å²) in [7, 11) is 0. The Morgan fingerprint density at radius 3 is 2.94 bits per heavy atom. The third-order valence-corrected chi connectivity index (χ3v) is 1.77. The third kappa shape index (κ3) is 3.96. The zero-order valence-corrected chi connectivity index (χ0v) is 9.06. The molecule has 0 atom stereocenters. The van der Waals surface area contributed by atoms with E-state index in [0.29, 0.717) is 18.1 Å². The van der Waals surface area contributed by atoms with Crippen LogP contribution in [0.3, 0.4) is 0 Å². The van der Waals surface area contributed by atoms with E-state index in [2.05, 4.69) is 21.4 Å². The molecule has 0 saturated heterocycles. The summed E-state index contributed by atoms with van der Waals surface area (Å²) in [6.45, 7) is 2.42. The predicted molar refractivity (Wildman–Crippen MR) is 59.8 cm³/mol. The molecular formula is C11H13N3O2. The van der Waals surface area contributed by atoms with Gasteiger partial charge in [-0.25, -0.2) is 4.79 Å². The lowest BCUT2D eigenvalue weighted by molar-refractivity contribution is 0.160. The van der Waals surface area contributed by atoms with Gasteiger partial charge in [-0.1, -0.05) is 13.3 Å². The molecule has 1 N–H and O–H groups in total. The largest absolute Gasteiger partial charge is 0.449 e. The number of nitrogens with one attached hydrogen (secondary N) is 1. The standard InChI is InChI=1S/C11H13N3O2/c1-3-5-8-16-11(15)12-10-7-6-9(4-2)13-14-10/h2,6-7H,3,5,8H2,1H3,(H,12,14,15). The topological polar surface area (TPSA) is 64.1 Å². The second-order valence-corrected chi connectivity index (χ2v) is 3.06. The number of hydrogen-bond donors (Lipinski definition) is 1. The summed E-state index contributed by atoms with van der Waals surface area (Å²) >= 11 is 0. The van der Waals surface area contributed by atoms with Gasteiger partial charge >= 0.3 is 6.09 Å². The molecule has 84 valence electrons. The Balaban J connectivity index is 2.41. The minimum absolute atomic E-state index is 0.320. The zero-order valence-electron chi connectivity index (χ0n) is 9.06. The predicted octanol–water partition coefficient (Wildman–Crippen LogP) is 1.81. The number of carbonyl (C=O) groups excluding carboxylic acids is 1. The van der Waals surface area contributed by atoms with Gasteiger partial charge in [0.1, 0.15) is 5.69 Å². The van der Waals surface area contributed by atoms with Gasteiger partial charge in [0.15, 0.2) is 5.82 Å². The van der Waals surface area contributed by atoms with E-state index >= 15 is 0 Å². The molecule has 1 amide bonds. The average molecular weight is 219 g/mol. The van der Waals surface area contributed by atoms with Gasteiger partial charge in [-0.2, -0.15) is 0 Å². The maximum absolute atomic E-state index is 11.2. The van der Waals surface area contributed by atoms with Crippen LogP contribution in [0.4, 0.5) is 10.6 Å². The summed E-state index contributed by atoms with van der Waals surface area (Å²) in [5, 5.41) is 9.85. The Bertz CT molecular complexity index is 381. The second-order valence-electron chi connectivity index (χ2n) is 3.06. The SMILES string of the molecule is C#Cc1ccc(NC(=O)OCCCC)nn1. The van der Waals surface area contributed by atoms with E-state index in [0.717, 1.165) is 12.8 Å². The molecule has 0 aliphatic rings. The van der Waals surface area contributed by atoms with Crippen LogP contribution in [0, 0.1) is 12.3 Å². The van der Waals surface area contributed by atoms with Crippen LogP contribution in [0.15, 0.2) is 12.1 Å². The molecule has 0 spiro atoms. The molecule has 1 aromatic heterocycles. The van der Waals surface area contributed by atoms with Crippen molar-refractivity contribution in [3.8, 4) is 12.3 Å². The van der Waals surface area contributed by atoms with Crippen LogP contribution < -0.4 is 5.32 Å². The van der Waals surface area contributed by atoms with Crippen LogP contribution in [-0.4, -0.2) is 22.9 Å². The summed E-state index contributed by atoms with van der Waals surface area (Å²) in [6.07, 6.45) is 6.40. The molecule has 1 aromatic rings. The number of carbonyl (C=O) groups is 1. The van der Waals surface area contributed by atoms with Crippen molar-refractivity contribution in [2.24, 2.45) is 0 Å². The number of aromatic nitrogens is 2. The van der Waals surface area contributed by atoms with Gasteiger partial charge in [0, 0.05) is 0 Å². The molecule has 0 radical (unpaired) electrons. The maximum Gasteiger partial charge on any atom is 0.412 e. The number of amides is 1. The molecule has 0 aliphatic carbocycles. The fourth-order valence-electron chi connectivity index (χ4n) is 0.926. The Labute approximate surface area is 94.2 Å². The van der Waals surface area contributed by atoms with E-state index < -0.39 is 6.09 Å². The summed E-state index contributed by atoms with van der Waals surface area (Å²) in [6, 6.07) is 3.16. The quantitative estimate of drug-likeness (QED) is 0.619. The first-order valence-electron chi connectivity index (χ1n) is 5.00. The van der Waals surface area contributed by atoms with Crippen LogP contribution in [0.1, 0.15) is 25.5 Å². The number of rotatable bonds is 4. The highest BCUT2D eigenvalue weighted by Gasteiger charge is 2.03. The van der Waals surface area contributed by atoms with E-state index in [-0.39, 0.29) is 0 Å². The fourth-order valence-corrected chi connectivity index (χ4v) is 0.926. The van der Waals surface area contributed by atoms with Gasteiger partial charge < -0.3 is 4.74 Å². The van der Waals surface area contributed by atoms with E-state index in [1.807, 2.05) is 6.92 Å². The van der Waals surface area contributed by atoms with Gasteiger partial charge in [-0.3, -0.25) is 5.32 Å². The fraction of sp³-hybridized carbons (Fsp3) is 0.364. The van der Waals surface area contributed by atoms with Crippen LogP contribution in [0.25, 0.3) is 0 Å². The molecule has 16 heavy (non-hydrogen) atoms. The van der Waals surface area contributed by atoms with Crippen molar-refractivity contribution in [1.82, 2.24) is 10.2 Å². The summed E-state index contributed by atoms with van der Waals surface area (Å²) < 4.78 is 4.88. The molecule has 0 aromatic carbocycles. The number of nitrogens with zero attached hydrogens (tertiary/aromatic N) is 2. The molecule has 0 fully saturated rings. The monoisotopic (exact) mass is 219 g/mol. The van der Waals surface area contributed by atoms with Crippen molar-refractivity contribution in [2.75, 3.05) is 11.9 Å². The van der Waals surface area contributed by atoms with Crippen LogP contribution in [-0.2, 0) is 4.74 Å². The minimum Gasteiger partial charge on any atom is -0.449 e. The molecule has 5 nitrogen and oxygen atoms in total. The van der Waals surface area contributed by atoms with Crippen molar-refractivity contribution < 1.29 is 9.53 Å². The van der Waals surface area contributed by atoms with Crippen LogP contribution >= 0.6 is 0 Å². The van der Waals surface area contributed by atoms with E-state index in [1.54, 1.807) is 12.1 Å². The first-order valence-corrected chi connectivity index (χ1v) is 5.00. The summed E-state index contributed by atoms with van der Waals surface area (Å²) in [4.78, 5) is 11.2. The smallest absolute Gasteiger partial charge is 0.412 e. The average Bonchev–Trinajstić information content (AvgIpc) is 2.30. The van der Waals surface area contributed by atoms with Gasteiger partial charge in [0.05, 0.1) is 6.61 Å². The highest BCUT2D eigenvalue weighted by molar-refractivity contribution is 5.83. The van der Waals surface area contributed by atoms with Gasteiger partial charge in [-0.05, 0) is 24.5 Å². The van der Waals surface area contributed by atoms with Gasteiger partial charge in [0.25, 0.3) is 0 Å². The summed E-state index contributed by atoms with van der Waals surface area (Å²) in [5.41, 5.74) is 0.421. The lowest BCUT2D eigenvalue weighted by Gasteiger charge is -2.04. The van der Waals surface area contributed by atoms with Gasteiger partial charge in [0.2, 0.25) is 0 Å². The summed E-state index contributed by atoms with van der Waals surface area (Å²) in [5.74, 6) is 2.65. The highest BCUT2D eigenvalue weighted by Crippen LogP contribution is 2.02.